The van der Waals surface area contributed by atoms with Crippen LogP contribution in [0.15, 0.2) is 73.1 Å². The Bertz CT molecular complexity index is 1040. The summed E-state index contributed by atoms with van der Waals surface area (Å²) in [5.41, 5.74) is 7.11. The molecule has 0 saturated heterocycles. The first kappa shape index (κ1) is 20.8. The molecule has 1 aromatic heterocycles. The molecule has 2 aromatic carbocycles. The minimum atomic E-state index is -0.907. The summed E-state index contributed by atoms with van der Waals surface area (Å²) >= 11 is 0. The number of aliphatic carboxylic acids is 1. The molecule has 0 radical (unpaired) electrons. The summed E-state index contributed by atoms with van der Waals surface area (Å²) in [6.07, 6.45) is 6.31. The van der Waals surface area contributed by atoms with Crippen LogP contribution in [0.25, 0.3) is 0 Å². The molecule has 1 saturated carbocycles. The van der Waals surface area contributed by atoms with E-state index in [1.165, 1.54) is 0 Å². The van der Waals surface area contributed by atoms with Crippen LogP contribution in [-0.4, -0.2) is 21.6 Å². The summed E-state index contributed by atoms with van der Waals surface area (Å²) in [6, 6.07) is 19.9. The van der Waals surface area contributed by atoms with Crippen LogP contribution >= 0.6 is 0 Å². The maximum Gasteiger partial charge on any atom is 0.346 e. The molecular formula is C25H28N3O3+. The second-order valence-electron chi connectivity index (χ2n) is 8.34. The van der Waals surface area contributed by atoms with Gasteiger partial charge in [0.1, 0.15) is 23.9 Å². The van der Waals surface area contributed by atoms with Gasteiger partial charge in [-0.2, -0.15) is 0 Å². The number of nitrogens with zero attached hydrogens (tertiary/aromatic N) is 2. The molecule has 0 aliphatic heterocycles. The molecule has 1 aliphatic rings. The highest BCUT2D eigenvalue weighted by Crippen LogP contribution is 2.49. The Morgan fingerprint density at radius 1 is 1.06 bits per heavy atom. The number of carboxylic acids is 1. The minimum absolute atomic E-state index is 0.0366. The zero-order valence-electron chi connectivity index (χ0n) is 17.6. The van der Waals surface area contributed by atoms with E-state index in [1.54, 1.807) is 4.57 Å². The lowest BCUT2D eigenvalue weighted by Gasteiger charge is -2.37. The predicted octanol–water partition coefficient (Wildman–Crippen LogP) is 2.98. The van der Waals surface area contributed by atoms with Gasteiger partial charge in [0.25, 0.3) is 5.82 Å². The van der Waals surface area contributed by atoms with Crippen LogP contribution in [-0.2, 0) is 21.5 Å². The van der Waals surface area contributed by atoms with Crippen molar-refractivity contribution in [1.82, 2.24) is 4.57 Å². The van der Waals surface area contributed by atoms with E-state index in [9.17, 15) is 9.59 Å². The van der Waals surface area contributed by atoms with E-state index >= 15 is 0 Å². The van der Waals surface area contributed by atoms with Gasteiger partial charge < -0.3 is 10.8 Å². The quantitative estimate of drug-likeness (QED) is 0.578. The van der Waals surface area contributed by atoms with E-state index in [-0.39, 0.29) is 24.4 Å². The van der Waals surface area contributed by atoms with Gasteiger partial charge in [0.15, 0.2) is 6.54 Å². The van der Waals surface area contributed by atoms with Gasteiger partial charge in [-0.25, -0.2) is 13.9 Å². The number of aromatic nitrogens is 2. The van der Waals surface area contributed by atoms with E-state index in [0.29, 0.717) is 0 Å². The number of hydrogen-bond acceptors (Lipinski definition) is 2. The van der Waals surface area contributed by atoms with Crippen molar-refractivity contribution in [2.75, 3.05) is 0 Å². The first-order chi connectivity index (χ1) is 14.9. The molecule has 2 atom stereocenters. The molecule has 160 valence electrons. The zero-order chi connectivity index (χ0) is 22.0. The van der Waals surface area contributed by atoms with E-state index in [4.69, 9.17) is 10.8 Å². The van der Waals surface area contributed by atoms with E-state index in [1.807, 2.05) is 80.0 Å². The first-order valence-corrected chi connectivity index (χ1v) is 10.6. The molecule has 4 rings (SSSR count). The molecule has 1 fully saturated rings. The Balaban J connectivity index is 1.74. The number of benzene rings is 2. The number of rotatable bonds is 7. The van der Waals surface area contributed by atoms with Gasteiger partial charge in [0.2, 0.25) is 5.91 Å². The Morgan fingerprint density at radius 3 is 2.16 bits per heavy atom. The van der Waals surface area contributed by atoms with Crippen LogP contribution in [0.1, 0.15) is 42.3 Å². The standard InChI is InChI=1S/C25H27N3O3/c1-18-27(17-23(29)30)14-15-28(18)22-13-12-21(16-22)25(24(26)31,19-8-4-2-5-9-19)20-10-6-3-7-11-20/h2-11,14-15,21-22H,12-13,16-17H2,1H3,(H2-,26,29,30,31)/p+1/t21-,22+/m1/s1. The smallest absolute Gasteiger partial charge is 0.346 e. The Hall–Kier alpha value is -3.41. The number of nitrogens with two attached hydrogens (primary N) is 1. The second kappa shape index (κ2) is 8.38. The highest BCUT2D eigenvalue weighted by Gasteiger charge is 2.51. The average molecular weight is 419 g/mol. The van der Waals surface area contributed by atoms with Crippen LogP contribution in [0.2, 0.25) is 0 Å². The van der Waals surface area contributed by atoms with Crippen LogP contribution in [0.5, 0.6) is 0 Å². The van der Waals surface area contributed by atoms with E-state index in [0.717, 1.165) is 36.2 Å². The molecular weight excluding hydrogens is 390 g/mol. The highest BCUT2D eigenvalue weighted by atomic mass is 16.4. The average Bonchev–Trinajstić information content (AvgIpc) is 3.37. The molecule has 3 N–H and O–H groups in total. The topological polar surface area (TPSA) is 89.2 Å². The third kappa shape index (κ3) is 3.63. The normalized spacial score (nSPS) is 18.7. The van der Waals surface area contributed by atoms with Gasteiger partial charge in [-0.3, -0.25) is 4.79 Å². The lowest BCUT2D eigenvalue weighted by atomic mass is 9.64. The zero-order valence-corrected chi connectivity index (χ0v) is 17.6. The first-order valence-electron chi connectivity index (χ1n) is 10.6. The summed E-state index contributed by atoms with van der Waals surface area (Å²) in [6.45, 7) is 1.88. The number of hydrogen-bond donors (Lipinski definition) is 2. The van der Waals surface area contributed by atoms with Gasteiger partial charge in [-0.1, -0.05) is 60.7 Å². The maximum atomic E-state index is 13.2. The molecule has 6 heteroatoms. The van der Waals surface area contributed by atoms with Crippen molar-refractivity contribution < 1.29 is 19.3 Å². The molecule has 1 amide bonds. The van der Waals surface area contributed by atoms with Gasteiger partial charge in [-0.05, 0) is 36.3 Å². The number of carbonyl (C=O) groups is 2. The SMILES string of the molecule is Cc1n([C@H]2CC[C@@H](C(C(N)=O)(c3ccccc3)c3ccccc3)C2)cc[n+]1CC(=O)O. The van der Waals surface area contributed by atoms with Crippen LogP contribution in [0.3, 0.4) is 0 Å². The lowest BCUT2D eigenvalue weighted by molar-refractivity contribution is -0.691. The summed E-state index contributed by atoms with van der Waals surface area (Å²) in [4.78, 5) is 24.3. The van der Waals surface area contributed by atoms with Gasteiger partial charge >= 0.3 is 5.97 Å². The Labute approximate surface area is 181 Å². The Kier molecular flexibility index (Phi) is 5.63. The summed E-state index contributed by atoms with van der Waals surface area (Å²) in [5.74, 6) is -0.261. The van der Waals surface area contributed by atoms with Crippen molar-refractivity contribution in [3.8, 4) is 0 Å². The van der Waals surface area contributed by atoms with Crippen LogP contribution in [0, 0.1) is 12.8 Å². The fourth-order valence-corrected chi connectivity index (χ4v) is 5.34. The third-order valence-electron chi connectivity index (χ3n) is 6.76. The monoisotopic (exact) mass is 418 g/mol. The largest absolute Gasteiger partial charge is 0.478 e. The van der Waals surface area contributed by atoms with Gasteiger partial charge in [-0.15, -0.1) is 0 Å². The molecule has 31 heavy (non-hydrogen) atoms. The van der Waals surface area contributed by atoms with E-state index in [2.05, 4.69) is 4.57 Å². The van der Waals surface area contributed by atoms with E-state index < -0.39 is 11.4 Å². The van der Waals surface area contributed by atoms with Crippen molar-refractivity contribution >= 4 is 11.9 Å². The van der Waals surface area contributed by atoms with Crippen LogP contribution in [0.4, 0.5) is 0 Å². The molecule has 6 nitrogen and oxygen atoms in total. The van der Waals surface area contributed by atoms with Gasteiger partial charge in [0.05, 0.1) is 0 Å². The predicted molar refractivity (Wildman–Crippen MR) is 116 cm³/mol. The van der Waals surface area contributed by atoms with Crippen molar-refractivity contribution in [1.29, 1.82) is 0 Å². The molecule has 0 spiro atoms. The number of imidazole rings is 1. The molecule has 1 heterocycles. The number of primary amides is 1. The highest BCUT2D eigenvalue weighted by molar-refractivity contribution is 5.91. The molecule has 1 aliphatic carbocycles. The van der Waals surface area contributed by atoms with Crippen molar-refractivity contribution in [2.24, 2.45) is 11.7 Å². The maximum absolute atomic E-state index is 13.2. The number of carbonyl (C=O) groups excluding carboxylic acids is 1. The number of amides is 1. The summed E-state index contributed by atoms with van der Waals surface area (Å²) in [5, 5.41) is 9.15. The molecule has 3 aromatic rings. The van der Waals surface area contributed by atoms with Crippen molar-refractivity contribution in [2.45, 2.75) is 44.2 Å². The Morgan fingerprint density at radius 2 is 1.65 bits per heavy atom. The fourth-order valence-electron chi connectivity index (χ4n) is 5.34. The van der Waals surface area contributed by atoms with Crippen molar-refractivity contribution in [3.63, 3.8) is 0 Å². The third-order valence-corrected chi connectivity index (χ3v) is 6.76. The lowest BCUT2D eigenvalue weighted by Crippen LogP contribution is -2.47. The number of carboxylic acid groups (broad SMARTS) is 1. The van der Waals surface area contributed by atoms with Crippen LogP contribution < -0.4 is 10.3 Å². The molecule has 0 unspecified atom stereocenters. The summed E-state index contributed by atoms with van der Waals surface area (Å²) in [7, 11) is 0. The van der Waals surface area contributed by atoms with Crippen molar-refractivity contribution in [3.05, 3.63) is 90.0 Å². The second-order valence-corrected chi connectivity index (χ2v) is 8.34. The van der Waals surface area contributed by atoms with Gasteiger partial charge in [0, 0.05) is 6.92 Å². The minimum Gasteiger partial charge on any atom is -0.478 e. The fraction of sp³-hybridized carbons (Fsp3) is 0.320. The molecule has 0 bridgehead atoms. The summed E-state index contributed by atoms with van der Waals surface area (Å²) < 4.78 is 3.88.